The molecule has 11 nitrogen and oxygen atoms in total. The van der Waals surface area contributed by atoms with Gasteiger partial charge in [0.05, 0.1) is 41.2 Å². The third-order valence-corrected chi connectivity index (χ3v) is 9.14. The van der Waals surface area contributed by atoms with Crippen LogP contribution in [0.25, 0.3) is 16.9 Å². The highest BCUT2D eigenvalue weighted by atomic mass is 35.5. The molecule has 0 atom stereocenters. The molecule has 3 heterocycles. The van der Waals surface area contributed by atoms with Crippen molar-refractivity contribution in [1.29, 1.82) is 0 Å². The van der Waals surface area contributed by atoms with E-state index in [9.17, 15) is 18.4 Å². The van der Waals surface area contributed by atoms with E-state index in [4.69, 9.17) is 25.8 Å². The number of nitrogens with one attached hydrogen (secondary N) is 1. The predicted octanol–water partition coefficient (Wildman–Crippen LogP) is 6.07. The lowest BCUT2D eigenvalue weighted by atomic mass is 10.1. The van der Waals surface area contributed by atoms with Crippen LogP contribution >= 0.6 is 23.4 Å². The Morgan fingerprint density at radius 2 is 1.98 bits per heavy atom. The first-order valence-electron chi connectivity index (χ1n) is 13.3. The van der Waals surface area contributed by atoms with Crippen molar-refractivity contribution in [3.8, 4) is 17.0 Å². The number of aromatic nitrogens is 5. The summed E-state index contributed by atoms with van der Waals surface area (Å²) in [5.74, 6) is -1.32. The van der Waals surface area contributed by atoms with Gasteiger partial charge in [-0.25, -0.2) is 14.2 Å². The van der Waals surface area contributed by atoms with Gasteiger partial charge in [-0.2, -0.15) is 19.0 Å². The molecule has 3 aromatic heterocycles. The fourth-order valence-electron chi connectivity index (χ4n) is 3.93. The zero-order valence-electron chi connectivity index (χ0n) is 24.0. The number of anilines is 1. The highest BCUT2D eigenvalue weighted by Crippen LogP contribution is 2.42. The molecule has 230 valence electrons. The van der Waals surface area contributed by atoms with E-state index in [1.165, 1.54) is 39.9 Å². The standard InChI is InChI=1S/C27H31ClF2N6O5SSi/c1-5-40-23(37)15-42-22-11-17(21(12-19(22)28)41-27(29)30)24-20(14-33-36(24)16-39-9-10-43(2,3)4)34-26(38)18-13-32-35-8-6-7-31-25(18)35/h6-8,11-14,27H,5,9-10,15-16H2,1-4H3,(H,34,38). The van der Waals surface area contributed by atoms with E-state index in [-0.39, 0.29) is 52.4 Å². The van der Waals surface area contributed by atoms with Crippen LogP contribution in [-0.4, -0.2) is 69.9 Å². The smallest absolute Gasteiger partial charge is 0.387 e. The Hall–Kier alpha value is -3.53. The van der Waals surface area contributed by atoms with Gasteiger partial charge in [0.25, 0.3) is 5.91 Å². The van der Waals surface area contributed by atoms with Crippen LogP contribution < -0.4 is 10.1 Å². The average molecular weight is 653 g/mol. The van der Waals surface area contributed by atoms with Crippen molar-refractivity contribution < 1.29 is 32.6 Å². The van der Waals surface area contributed by atoms with Gasteiger partial charge in [0.2, 0.25) is 0 Å². The van der Waals surface area contributed by atoms with E-state index >= 15 is 0 Å². The van der Waals surface area contributed by atoms with Gasteiger partial charge >= 0.3 is 12.6 Å². The zero-order valence-corrected chi connectivity index (χ0v) is 26.5. The Kier molecular flexibility index (Phi) is 10.8. The number of amides is 1. The minimum absolute atomic E-state index is 0.0317. The second-order valence-corrected chi connectivity index (χ2v) is 17.5. The number of carbonyl (C=O) groups is 2. The molecule has 43 heavy (non-hydrogen) atoms. The number of thioether (sulfide) groups is 1. The van der Waals surface area contributed by atoms with Crippen LogP contribution in [-0.2, 0) is 21.0 Å². The van der Waals surface area contributed by atoms with E-state index in [1.54, 1.807) is 19.2 Å². The molecule has 0 aliphatic carbocycles. The van der Waals surface area contributed by atoms with Gasteiger partial charge in [0.1, 0.15) is 18.0 Å². The van der Waals surface area contributed by atoms with Crippen molar-refractivity contribution in [1.82, 2.24) is 24.4 Å². The van der Waals surface area contributed by atoms with E-state index in [2.05, 4.69) is 40.1 Å². The van der Waals surface area contributed by atoms with Gasteiger partial charge in [-0.3, -0.25) is 9.59 Å². The molecule has 0 aliphatic rings. The van der Waals surface area contributed by atoms with Crippen molar-refractivity contribution in [2.75, 3.05) is 24.3 Å². The maximum atomic E-state index is 13.6. The van der Waals surface area contributed by atoms with Crippen molar-refractivity contribution in [2.24, 2.45) is 0 Å². The Morgan fingerprint density at radius 1 is 1.19 bits per heavy atom. The molecule has 4 aromatic rings. The summed E-state index contributed by atoms with van der Waals surface area (Å²) in [6.07, 6.45) is 5.95. The first kappa shape index (κ1) is 32.4. The number of hydrogen-bond donors (Lipinski definition) is 1. The molecule has 0 radical (unpaired) electrons. The van der Waals surface area contributed by atoms with E-state index in [1.807, 2.05) is 0 Å². The number of alkyl halides is 2. The van der Waals surface area contributed by atoms with Gasteiger partial charge in [0, 0.05) is 43.6 Å². The van der Waals surface area contributed by atoms with Crippen LogP contribution in [0.15, 0.2) is 47.9 Å². The summed E-state index contributed by atoms with van der Waals surface area (Å²) in [6.45, 7) is 5.82. The second kappa shape index (κ2) is 14.3. The normalized spacial score (nSPS) is 11.7. The first-order valence-corrected chi connectivity index (χ1v) is 18.3. The summed E-state index contributed by atoms with van der Waals surface area (Å²) in [6, 6.07) is 5.31. The summed E-state index contributed by atoms with van der Waals surface area (Å²) in [7, 11) is -1.39. The quantitative estimate of drug-likeness (QED) is 0.0749. The lowest BCUT2D eigenvalue weighted by Crippen LogP contribution is -2.22. The number of nitrogens with zero attached hydrogens (tertiary/aromatic N) is 5. The molecule has 0 aliphatic heterocycles. The average Bonchev–Trinajstić information content (AvgIpc) is 3.54. The minimum atomic E-state index is -3.17. The molecule has 1 aromatic carbocycles. The molecule has 0 bridgehead atoms. The van der Waals surface area contributed by atoms with Crippen LogP contribution in [0.4, 0.5) is 14.5 Å². The molecule has 0 saturated heterocycles. The van der Waals surface area contributed by atoms with E-state index in [0.29, 0.717) is 17.1 Å². The summed E-state index contributed by atoms with van der Waals surface area (Å²) in [4.78, 5) is 30.0. The number of carbonyl (C=O) groups excluding carboxylic acids is 2. The maximum Gasteiger partial charge on any atom is 0.387 e. The van der Waals surface area contributed by atoms with E-state index in [0.717, 1.165) is 17.8 Å². The number of esters is 1. The highest BCUT2D eigenvalue weighted by molar-refractivity contribution is 8.00. The molecular weight excluding hydrogens is 622 g/mol. The summed E-state index contributed by atoms with van der Waals surface area (Å²) in [5.41, 5.74) is 1.09. The molecule has 0 unspecified atom stereocenters. The number of rotatable bonds is 14. The third kappa shape index (κ3) is 8.52. The lowest BCUT2D eigenvalue weighted by Gasteiger charge is -2.18. The summed E-state index contributed by atoms with van der Waals surface area (Å²) in [5, 5.41) is 11.4. The van der Waals surface area contributed by atoms with Gasteiger partial charge in [-0.05, 0) is 25.1 Å². The van der Waals surface area contributed by atoms with Gasteiger partial charge in [-0.15, -0.1) is 11.8 Å². The molecule has 0 spiro atoms. The first-order chi connectivity index (χ1) is 20.5. The Labute approximate surface area is 256 Å². The van der Waals surface area contributed by atoms with Crippen molar-refractivity contribution in [2.45, 2.75) is 50.8 Å². The number of ether oxygens (including phenoxy) is 3. The van der Waals surface area contributed by atoms with Crippen molar-refractivity contribution >= 4 is 54.6 Å². The van der Waals surface area contributed by atoms with Crippen molar-refractivity contribution in [3.05, 3.63) is 53.6 Å². The topological polar surface area (TPSA) is 122 Å². The van der Waals surface area contributed by atoms with Crippen LogP contribution in [0.5, 0.6) is 5.75 Å². The monoisotopic (exact) mass is 652 g/mol. The fourth-order valence-corrected chi connectivity index (χ4v) is 5.76. The second-order valence-electron chi connectivity index (χ2n) is 10.4. The molecule has 1 N–H and O–H groups in total. The van der Waals surface area contributed by atoms with Gasteiger partial charge in [-0.1, -0.05) is 31.2 Å². The van der Waals surface area contributed by atoms with E-state index < -0.39 is 26.6 Å². The number of hydrogen-bond acceptors (Lipinski definition) is 9. The molecular formula is C27H31ClF2N6O5SSi. The highest BCUT2D eigenvalue weighted by Gasteiger charge is 2.25. The molecule has 0 fully saturated rings. The number of benzene rings is 1. The van der Waals surface area contributed by atoms with Crippen LogP contribution in [0, 0.1) is 0 Å². The molecule has 16 heteroatoms. The lowest BCUT2D eigenvalue weighted by molar-refractivity contribution is -0.139. The van der Waals surface area contributed by atoms with Crippen molar-refractivity contribution in [3.63, 3.8) is 0 Å². The fraction of sp³-hybridized carbons (Fsp3) is 0.370. The van der Waals surface area contributed by atoms with Gasteiger partial charge < -0.3 is 19.5 Å². The Balaban J connectivity index is 1.76. The number of fused-ring (bicyclic) bond motifs is 1. The number of halogens is 3. The van der Waals surface area contributed by atoms with Crippen LogP contribution in [0.1, 0.15) is 17.3 Å². The summed E-state index contributed by atoms with van der Waals surface area (Å²) >= 11 is 7.48. The maximum absolute atomic E-state index is 13.6. The predicted molar refractivity (Wildman–Crippen MR) is 162 cm³/mol. The Bertz CT molecular complexity index is 1600. The summed E-state index contributed by atoms with van der Waals surface area (Å²) < 4.78 is 45.8. The largest absolute Gasteiger partial charge is 0.465 e. The Morgan fingerprint density at radius 3 is 2.70 bits per heavy atom. The minimum Gasteiger partial charge on any atom is -0.465 e. The van der Waals surface area contributed by atoms with Gasteiger partial charge in [0.15, 0.2) is 5.65 Å². The zero-order chi connectivity index (χ0) is 31.1. The van der Waals surface area contributed by atoms with Crippen LogP contribution in [0.2, 0.25) is 30.7 Å². The molecule has 1 amide bonds. The van der Waals surface area contributed by atoms with Crippen LogP contribution in [0.3, 0.4) is 0 Å². The third-order valence-electron chi connectivity index (χ3n) is 5.98. The SMILES string of the molecule is CCOC(=O)CSc1cc(-c2c(NC(=O)c3cnn4cccnc34)cnn2COCC[Si](C)(C)C)c(OC(F)F)cc1Cl. The molecule has 4 rings (SSSR count). The molecule has 0 saturated carbocycles.